The summed E-state index contributed by atoms with van der Waals surface area (Å²) in [4.78, 5) is 29.3. The van der Waals surface area contributed by atoms with Crippen molar-refractivity contribution in [3.05, 3.63) is 94.0 Å². The highest BCUT2D eigenvalue weighted by Crippen LogP contribution is 2.31. The second kappa shape index (κ2) is 13.1. The summed E-state index contributed by atoms with van der Waals surface area (Å²) in [6.07, 6.45) is 0.348. The minimum absolute atomic E-state index is 0.0539. The maximum Gasteiger partial charge on any atom is 0.264 e. The van der Waals surface area contributed by atoms with Crippen LogP contribution in [0.25, 0.3) is 0 Å². The van der Waals surface area contributed by atoms with Crippen LogP contribution in [0.4, 0.5) is 5.69 Å². The molecule has 0 saturated carbocycles. The average Bonchev–Trinajstić information content (AvgIpc) is 2.89. The van der Waals surface area contributed by atoms with Gasteiger partial charge in [-0.25, -0.2) is 8.42 Å². The van der Waals surface area contributed by atoms with Crippen LogP contribution in [-0.4, -0.2) is 43.3 Å². The predicted molar refractivity (Wildman–Crippen MR) is 166 cm³/mol. The van der Waals surface area contributed by atoms with Crippen LogP contribution in [0.15, 0.2) is 71.6 Å². The van der Waals surface area contributed by atoms with Crippen molar-refractivity contribution in [3.63, 3.8) is 0 Å². The summed E-state index contributed by atoms with van der Waals surface area (Å²) in [5.41, 5.74) is 3.06. The number of carbonyl (C=O) groups is 2. The maximum atomic E-state index is 14.2. The molecule has 7 nitrogen and oxygen atoms in total. The Hall–Kier alpha value is -3.36. The number of hydrogen-bond donors (Lipinski definition) is 1. The summed E-state index contributed by atoms with van der Waals surface area (Å²) in [5.74, 6) is -0.798. The van der Waals surface area contributed by atoms with Crippen molar-refractivity contribution in [2.45, 2.75) is 77.9 Å². The highest BCUT2D eigenvalue weighted by molar-refractivity contribution is 7.92. The number of nitrogens with zero attached hydrogens (tertiary/aromatic N) is 2. The van der Waals surface area contributed by atoms with Gasteiger partial charge in [-0.1, -0.05) is 66.6 Å². The van der Waals surface area contributed by atoms with Gasteiger partial charge in [0, 0.05) is 17.1 Å². The number of carbonyl (C=O) groups excluding carboxylic acids is 2. The molecule has 0 spiro atoms. The zero-order valence-electron chi connectivity index (χ0n) is 24.9. The van der Waals surface area contributed by atoms with Gasteiger partial charge in [0.15, 0.2) is 0 Å². The first-order chi connectivity index (χ1) is 19.2. The van der Waals surface area contributed by atoms with Crippen molar-refractivity contribution in [1.29, 1.82) is 0 Å². The second-order valence-electron chi connectivity index (χ2n) is 11.3. The number of anilines is 1. The fourth-order valence-electron chi connectivity index (χ4n) is 4.56. The summed E-state index contributed by atoms with van der Waals surface area (Å²) in [7, 11) is -4.17. The van der Waals surface area contributed by atoms with E-state index in [-0.39, 0.29) is 17.3 Å². The fraction of sp³-hybridized carbons (Fsp3) is 0.375. The number of sulfonamides is 1. The Morgan fingerprint density at radius 2 is 1.56 bits per heavy atom. The van der Waals surface area contributed by atoms with Crippen molar-refractivity contribution in [1.82, 2.24) is 10.2 Å². The minimum atomic E-state index is -4.17. The molecule has 3 aromatic rings. The van der Waals surface area contributed by atoms with Gasteiger partial charge in [-0.3, -0.25) is 13.9 Å². The fourth-order valence-corrected chi connectivity index (χ4v) is 6.20. The number of nitrogens with one attached hydrogen (secondary N) is 1. The third-order valence-electron chi connectivity index (χ3n) is 6.88. The quantitative estimate of drug-likeness (QED) is 0.302. The number of hydrogen-bond acceptors (Lipinski definition) is 4. The zero-order valence-corrected chi connectivity index (χ0v) is 26.4. The van der Waals surface area contributed by atoms with Gasteiger partial charge < -0.3 is 10.2 Å². The molecule has 0 heterocycles. The molecule has 0 aromatic heterocycles. The van der Waals surface area contributed by atoms with Crippen LogP contribution in [0.5, 0.6) is 0 Å². The lowest BCUT2D eigenvalue weighted by atomic mass is 10.0. The molecule has 0 aliphatic heterocycles. The molecule has 0 bridgehead atoms. The van der Waals surface area contributed by atoms with E-state index in [1.54, 1.807) is 37.3 Å². The van der Waals surface area contributed by atoms with Crippen LogP contribution < -0.4 is 9.62 Å². The molecule has 3 aromatic carbocycles. The second-order valence-corrected chi connectivity index (χ2v) is 13.6. The SMILES string of the molecule is CC[C@@H](C(=O)NC(C)(C)C)N(Cc1ccccc1C)C(=O)CN(c1cccc(Cl)c1C)S(=O)(=O)c1ccc(C)cc1. The number of rotatable bonds is 10. The van der Waals surface area contributed by atoms with Gasteiger partial charge in [-0.15, -0.1) is 0 Å². The smallest absolute Gasteiger partial charge is 0.264 e. The van der Waals surface area contributed by atoms with E-state index in [1.807, 2.05) is 65.8 Å². The first-order valence-electron chi connectivity index (χ1n) is 13.7. The Labute approximate surface area is 249 Å². The van der Waals surface area contributed by atoms with Crippen molar-refractivity contribution < 1.29 is 18.0 Å². The lowest BCUT2D eigenvalue weighted by Crippen LogP contribution is -2.55. The summed E-state index contributed by atoms with van der Waals surface area (Å²) >= 11 is 6.40. The van der Waals surface area contributed by atoms with Gasteiger partial charge in [0.05, 0.1) is 10.6 Å². The molecule has 0 fully saturated rings. The third kappa shape index (κ3) is 7.89. The maximum absolute atomic E-state index is 14.2. The third-order valence-corrected chi connectivity index (χ3v) is 9.07. The van der Waals surface area contributed by atoms with E-state index in [2.05, 4.69) is 5.32 Å². The summed E-state index contributed by atoms with van der Waals surface area (Å²) in [6.45, 7) is 12.6. The Morgan fingerprint density at radius 3 is 2.15 bits per heavy atom. The predicted octanol–water partition coefficient (Wildman–Crippen LogP) is 6.18. The van der Waals surface area contributed by atoms with E-state index in [0.717, 1.165) is 21.0 Å². The monoisotopic (exact) mass is 597 g/mol. The lowest BCUT2D eigenvalue weighted by molar-refractivity contribution is -0.141. The molecule has 41 heavy (non-hydrogen) atoms. The molecular weight excluding hydrogens is 558 g/mol. The topological polar surface area (TPSA) is 86.8 Å². The van der Waals surface area contributed by atoms with Gasteiger partial charge >= 0.3 is 0 Å². The standard InChI is InChI=1S/C32H40ClN3O4S/c1-8-28(31(38)34-32(5,6)7)35(20-25-13-10-9-12-23(25)3)30(37)21-36(29-15-11-14-27(33)24(29)4)41(39,40)26-18-16-22(2)17-19-26/h9-19,28H,8,20-21H2,1-7H3,(H,34,38)/t28-/m0/s1. The molecule has 0 radical (unpaired) electrons. The Balaban J connectivity index is 2.13. The summed E-state index contributed by atoms with van der Waals surface area (Å²) in [5, 5.41) is 3.37. The molecule has 0 unspecified atom stereocenters. The number of halogens is 1. The van der Waals surface area contributed by atoms with Gasteiger partial charge in [0.25, 0.3) is 10.0 Å². The van der Waals surface area contributed by atoms with Crippen LogP contribution in [0.1, 0.15) is 56.4 Å². The normalized spacial score (nSPS) is 12.5. The van der Waals surface area contributed by atoms with E-state index in [9.17, 15) is 18.0 Å². The Kier molecular flexibility index (Phi) is 10.3. The van der Waals surface area contributed by atoms with E-state index in [0.29, 0.717) is 22.7 Å². The minimum Gasteiger partial charge on any atom is -0.350 e. The number of benzene rings is 3. The summed E-state index contributed by atoms with van der Waals surface area (Å²) in [6, 6.07) is 18.3. The van der Waals surface area contributed by atoms with Crippen molar-refractivity contribution in [3.8, 4) is 0 Å². The zero-order chi connectivity index (χ0) is 30.5. The van der Waals surface area contributed by atoms with E-state index in [4.69, 9.17) is 11.6 Å². The first-order valence-corrected chi connectivity index (χ1v) is 15.5. The summed E-state index contributed by atoms with van der Waals surface area (Å²) < 4.78 is 29.2. The lowest BCUT2D eigenvalue weighted by Gasteiger charge is -2.35. The molecule has 0 aliphatic carbocycles. The molecule has 9 heteroatoms. The molecular formula is C32H40ClN3O4S. The molecule has 2 amide bonds. The molecule has 1 atom stereocenters. The van der Waals surface area contributed by atoms with Crippen molar-refractivity contribution in [2.75, 3.05) is 10.8 Å². The molecule has 0 saturated heterocycles. The van der Waals surface area contributed by atoms with Crippen molar-refractivity contribution in [2.24, 2.45) is 0 Å². The van der Waals surface area contributed by atoms with Crippen LogP contribution in [-0.2, 0) is 26.2 Å². The Morgan fingerprint density at radius 1 is 0.927 bits per heavy atom. The highest BCUT2D eigenvalue weighted by atomic mass is 35.5. The Bertz CT molecular complexity index is 1500. The molecule has 0 aliphatic rings. The van der Waals surface area contributed by atoms with Crippen LogP contribution in [0.3, 0.4) is 0 Å². The molecule has 220 valence electrons. The van der Waals surface area contributed by atoms with Crippen LogP contribution in [0, 0.1) is 20.8 Å². The van der Waals surface area contributed by atoms with Gasteiger partial charge in [-0.2, -0.15) is 0 Å². The molecule has 3 rings (SSSR count). The molecule has 1 N–H and O–H groups in total. The average molecular weight is 598 g/mol. The van der Waals surface area contributed by atoms with E-state index < -0.39 is 34.1 Å². The van der Waals surface area contributed by atoms with Crippen LogP contribution in [0.2, 0.25) is 5.02 Å². The highest BCUT2D eigenvalue weighted by Gasteiger charge is 2.35. The largest absolute Gasteiger partial charge is 0.350 e. The van der Waals surface area contributed by atoms with Gasteiger partial charge in [0.2, 0.25) is 11.8 Å². The van der Waals surface area contributed by atoms with E-state index in [1.165, 1.54) is 17.0 Å². The van der Waals surface area contributed by atoms with E-state index >= 15 is 0 Å². The number of amides is 2. The van der Waals surface area contributed by atoms with Gasteiger partial charge in [-0.05, 0) is 88.9 Å². The first kappa shape index (κ1) is 32.2. The van der Waals surface area contributed by atoms with Crippen molar-refractivity contribution >= 4 is 39.1 Å². The number of aryl methyl sites for hydroxylation is 2. The van der Waals surface area contributed by atoms with Crippen LogP contribution >= 0.6 is 11.6 Å². The van der Waals surface area contributed by atoms with Gasteiger partial charge in [0.1, 0.15) is 12.6 Å².